The molecule has 0 spiro atoms. The number of nitrogens with one attached hydrogen (secondary N) is 1. The molecule has 2 aromatic rings. The number of aromatic nitrogens is 3. The lowest BCUT2D eigenvalue weighted by Crippen LogP contribution is -2.58. The van der Waals surface area contributed by atoms with Gasteiger partial charge in [0.05, 0.1) is 18.7 Å². The highest BCUT2D eigenvalue weighted by atomic mass is 16.5. The molecule has 1 saturated carbocycles. The lowest BCUT2D eigenvalue weighted by atomic mass is 9.75. The highest BCUT2D eigenvalue weighted by Crippen LogP contribution is 2.37. The Morgan fingerprint density at radius 2 is 2.00 bits per heavy atom. The molecule has 3 aliphatic heterocycles. The summed E-state index contributed by atoms with van der Waals surface area (Å²) in [5.41, 5.74) is 0.837. The molecule has 4 atom stereocenters. The van der Waals surface area contributed by atoms with Gasteiger partial charge in [-0.25, -0.2) is 0 Å². The molecule has 1 aromatic carbocycles. The monoisotopic (exact) mass is 409 g/mol. The molecule has 4 fully saturated rings. The second kappa shape index (κ2) is 8.76. The van der Waals surface area contributed by atoms with E-state index in [4.69, 9.17) is 4.74 Å². The molecule has 1 N–H and O–H groups in total. The van der Waals surface area contributed by atoms with E-state index in [1.807, 2.05) is 41.2 Å². The van der Waals surface area contributed by atoms with Gasteiger partial charge in [-0.2, -0.15) is 0 Å². The van der Waals surface area contributed by atoms with Gasteiger partial charge in [0.15, 0.2) is 0 Å². The van der Waals surface area contributed by atoms with Crippen molar-refractivity contribution >= 4 is 5.91 Å². The minimum absolute atomic E-state index is 0.154. The van der Waals surface area contributed by atoms with Gasteiger partial charge in [-0.3, -0.25) is 14.4 Å². The van der Waals surface area contributed by atoms with Gasteiger partial charge in [0.1, 0.15) is 18.1 Å². The van der Waals surface area contributed by atoms with E-state index in [9.17, 15) is 4.79 Å². The van der Waals surface area contributed by atoms with E-state index in [1.165, 1.54) is 12.8 Å². The summed E-state index contributed by atoms with van der Waals surface area (Å²) in [6.07, 6.45) is 8.99. The van der Waals surface area contributed by atoms with Crippen molar-refractivity contribution in [3.63, 3.8) is 0 Å². The van der Waals surface area contributed by atoms with Crippen molar-refractivity contribution in [3.05, 3.63) is 42.2 Å². The van der Waals surface area contributed by atoms with E-state index >= 15 is 0 Å². The van der Waals surface area contributed by atoms with Gasteiger partial charge in [-0.15, -0.1) is 5.10 Å². The molecule has 1 aliphatic carbocycles. The first-order valence-electron chi connectivity index (χ1n) is 11.4. The van der Waals surface area contributed by atoms with Gasteiger partial charge in [0.25, 0.3) is 0 Å². The molecule has 4 heterocycles. The minimum Gasteiger partial charge on any atom is -0.487 e. The lowest BCUT2D eigenvalue weighted by Gasteiger charge is -2.49. The third-order valence-corrected chi connectivity index (χ3v) is 7.03. The molecule has 4 unspecified atom stereocenters. The number of nitrogens with zero attached hydrogens (tertiary/aromatic N) is 4. The lowest BCUT2D eigenvalue weighted by molar-refractivity contribution is -0.133. The van der Waals surface area contributed by atoms with Crippen LogP contribution in [0, 0.1) is 11.8 Å². The molecular formula is C23H31N5O2. The molecule has 7 nitrogen and oxygen atoms in total. The van der Waals surface area contributed by atoms with Crippen LogP contribution in [0.15, 0.2) is 36.5 Å². The van der Waals surface area contributed by atoms with E-state index < -0.39 is 0 Å². The van der Waals surface area contributed by atoms with Gasteiger partial charge in [-0.05, 0) is 50.3 Å². The average Bonchev–Trinajstić information content (AvgIpc) is 3.45. The minimum atomic E-state index is 0.154. The third-order valence-electron chi connectivity index (χ3n) is 7.03. The van der Waals surface area contributed by atoms with Crippen molar-refractivity contribution < 1.29 is 9.53 Å². The maximum atomic E-state index is 12.8. The Morgan fingerprint density at radius 1 is 1.17 bits per heavy atom. The summed E-state index contributed by atoms with van der Waals surface area (Å²) >= 11 is 0. The number of hydrogen-bond donors (Lipinski definition) is 1. The number of hydrogen-bond acceptors (Lipinski definition) is 5. The molecule has 2 bridgehead atoms. The maximum absolute atomic E-state index is 12.8. The van der Waals surface area contributed by atoms with E-state index in [0.29, 0.717) is 24.6 Å². The van der Waals surface area contributed by atoms with Crippen molar-refractivity contribution in [1.29, 1.82) is 0 Å². The van der Waals surface area contributed by atoms with Crippen LogP contribution in [0.2, 0.25) is 0 Å². The molecule has 3 saturated heterocycles. The van der Waals surface area contributed by atoms with Crippen molar-refractivity contribution in [1.82, 2.24) is 25.2 Å². The van der Waals surface area contributed by atoms with Gasteiger partial charge in [0.2, 0.25) is 5.91 Å². The summed E-state index contributed by atoms with van der Waals surface area (Å²) in [5.74, 6) is 1.77. The smallest absolute Gasteiger partial charge is 0.224 e. The first kappa shape index (κ1) is 19.5. The standard InChI is InChI=1S/C23H31N5O2/c29-23(24-18-6-4-5-7-18)22-15-27-11-10-17(22)12-20(27)14-28-13-19(25-26-28)16-30-21-8-2-1-3-9-21/h1-3,8-9,13,17-18,20,22H,4-7,10-12,14-16H2,(H,24,29). The zero-order chi connectivity index (χ0) is 20.3. The quantitative estimate of drug-likeness (QED) is 0.761. The maximum Gasteiger partial charge on any atom is 0.224 e. The van der Waals surface area contributed by atoms with Gasteiger partial charge in [-0.1, -0.05) is 36.3 Å². The normalized spacial score (nSPS) is 28.5. The number of benzene rings is 1. The van der Waals surface area contributed by atoms with E-state index in [0.717, 1.165) is 56.8 Å². The van der Waals surface area contributed by atoms with Gasteiger partial charge in [0, 0.05) is 18.6 Å². The Kier molecular flexibility index (Phi) is 5.71. The summed E-state index contributed by atoms with van der Waals surface area (Å²) in [6.45, 7) is 3.21. The Hall–Kier alpha value is -2.41. The number of para-hydroxylation sites is 1. The molecule has 1 aromatic heterocycles. The van der Waals surface area contributed by atoms with Gasteiger partial charge >= 0.3 is 0 Å². The molecule has 30 heavy (non-hydrogen) atoms. The molecule has 1 amide bonds. The van der Waals surface area contributed by atoms with Crippen LogP contribution >= 0.6 is 0 Å². The van der Waals surface area contributed by atoms with Crippen LogP contribution in [-0.4, -0.2) is 51.0 Å². The SMILES string of the molecule is O=C(NC1CCCC1)C1CN2CCC1CC2Cn1cc(COc2ccccc2)nn1. The fourth-order valence-corrected chi connectivity index (χ4v) is 5.39. The number of amides is 1. The second-order valence-corrected chi connectivity index (χ2v) is 9.06. The topological polar surface area (TPSA) is 72.3 Å². The number of rotatable bonds is 7. The second-order valence-electron chi connectivity index (χ2n) is 9.06. The first-order valence-corrected chi connectivity index (χ1v) is 11.4. The molecule has 7 heteroatoms. The fraction of sp³-hybridized carbons (Fsp3) is 0.609. The van der Waals surface area contributed by atoms with Crippen LogP contribution in [0.1, 0.15) is 44.2 Å². The van der Waals surface area contributed by atoms with Crippen LogP contribution in [0.4, 0.5) is 0 Å². The zero-order valence-corrected chi connectivity index (χ0v) is 17.4. The van der Waals surface area contributed by atoms with Crippen molar-refractivity contribution in [2.75, 3.05) is 13.1 Å². The molecule has 4 aliphatic rings. The number of piperidine rings is 3. The number of ether oxygens (including phenoxy) is 1. The largest absolute Gasteiger partial charge is 0.487 e. The first-order chi connectivity index (χ1) is 14.7. The highest BCUT2D eigenvalue weighted by Gasteiger charge is 2.43. The number of carbonyl (C=O) groups is 1. The summed E-state index contributed by atoms with van der Waals surface area (Å²) < 4.78 is 7.70. The van der Waals surface area contributed by atoms with Crippen LogP contribution in [0.3, 0.4) is 0 Å². The summed E-state index contributed by atoms with van der Waals surface area (Å²) in [5, 5.41) is 11.9. The van der Waals surface area contributed by atoms with Gasteiger partial charge < -0.3 is 10.1 Å². The van der Waals surface area contributed by atoms with E-state index in [-0.39, 0.29) is 11.8 Å². The molecule has 6 rings (SSSR count). The fourth-order valence-electron chi connectivity index (χ4n) is 5.39. The Bertz CT molecular complexity index is 848. The van der Waals surface area contributed by atoms with Crippen molar-refractivity contribution in [2.45, 2.75) is 63.8 Å². The van der Waals surface area contributed by atoms with Crippen LogP contribution in [-0.2, 0) is 17.9 Å². The summed E-state index contributed by atoms with van der Waals surface area (Å²) in [6, 6.07) is 10.6. The van der Waals surface area contributed by atoms with E-state index in [2.05, 4.69) is 20.5 Å². The van der Waals surface area contributed by atoms with Crippen LogP contribution in [0.5, 0.6) is 5.75 Å². The molecular weight excluding hydrogens is 378 g/mol. The van der Waals surface area contributed by atoms with Crippen LogP contribution < -0.4 is 10.1 Å². The summed E-state index contributed by atoms with van der Waals surface area (Å²) in [7, 11) is 0. The predicted molar refractivity (Wildman–Crippen MR) is 113 cm³/mol. The predicted octanol–water partition coefficient (Wildman–Crippen LogP) is 2.63. The van der Waals surface area contributed by atoms with Crippen molar-refractivity contribution in [2.24, 2.45) is 11.8 Å². The molecule has 0 radical (unpaired) electrons. The third kappa shape index (κ3) is 4.36. The van der Waals surface area contributed by atoms with E-state index in [1.54, 1.807) is 0 Å². The highest BCUT2D eigenvalue weighted by molar-refractivity contribution is 5.79. The Balaban J connectivity index is 1.14. The zero-order valence-electron chi connectivity index (χ0n) is 17.4. The molecule has 160 valence electrons. The average molecular weight is 410 g/mol. The number of carbonyl (C=O) groups excluding carboxylic acids is 1. The Morgan fingerprint density at radius 3 is 2.77 bits per heavy atom. The number of fused-ring (bicyclic) bond motifs is 3. The van der Waals surface area contributed by atoms with Crippen molar-refractivity contribution in [3.8, 4) is 5.75 Å². The van der Waals surface area contributed by atoms with Crippen LogP contribution in [0.25, 0.3) is 0 Å². The Labute approximate surface area is 177 Å². The summed E-state index contributed by atoms with van der Waals surface area (Å²) in [4.78, 5) is 15.3.